The van der Waals surface area contributed by atoms with Crippen molar-refractivity contribution >= 4 is 5.69 Å². The third-order valence-electron chi connectivity index (χ3n) is 3.11. The Hall–Kier alpha value is -1.53. The second-order valence-electron chi connectivity index (χ2n) is 4.99. The fraction of sp³-hybridized carbons (Fsp3) is 0.615. The molecule has 1 N–H and O–H groups in total. The van der Waals surface area contributed by atoms with Crippen LogP contribution in [0.4, 0.5) is 5.69 Å². The fourth-order valence-electron chi connectivity index (χ4n) is 1.95. The topological polar surface area (TPSA) is 79.5 Å². The Morgan fingerprint density at radius 2 is 2.16 bits per heavy atom. The van der Waals surface area contributed by atoms with E-state index in [1.807, 2.05) is 11.9 Å². The summed E-state index contributed by atoms with van der Waals surface area (Å²) >= 11 is 0. The lowest BCUT2D eigenvalue weighted by atomic mass is 10.1. The maximum Gasteiger partial charge on any atom is 0.278 e. The number of rotatable bonds is 6. The van der Waals surface area contributed by atoms with E-state index >= 15 is 0 Å². The van der Waals surface area contributed by atoms with Crippen molar-refractivity contribution in [3.05, 3.63) is 33.1 Å². The highest BCUT2D eigenvalue weighted by Gasteiger charge is 2.19. The number of aromatic nitrogens is 1. The van der Waals surface area contributed by atoms with Gasteiger partial charge in [-0.15, -0.1) is 0 Å². The van der Waals surface area contributed by atoms with Crippen molar-refractivity contribution in [1.82, 2.24) is 9.88 Å². The smallest absolute Gasteiger partial charge is 0.278 e. The number of hydrogen-bond donors (Lipinski definition) is 1. The van der Waals surface area contributed by atoms with Crippen LogP contribution in [0.15, 0.2) is 6.20 Å². The summed E-state index contributed by atoms with van der Waals surface area (Å²) in [6.45, 7) is 6.43. The molecule has 0 aliphatic carbocycles. The number of aliphatic hydroxyl groups excluding tert-OH is 1. The largest absolute Gasteiger partial charge is 0.393 e. The fourth-order valence-corrected chi connectivity index (χ4v) is 1.95. The van der Waals surface area contributed by atoms with E-state index in [1.165, 1.54) is 0 Å². The van der Waals surface area contributed by atoms with E-state index in [0.29, 0.717) is 29.8 Å². The summed E-state index contributed by atoms with van der Waals surface area (Å²) in [7, 11) is 1.91. The van der Waals surface area contributed by atoms with Gasteiger partial charge in [0, 0.05) is 30.4 Å². The van der Waals surface area contributed by atoms with Crippen molar-refractivity contribution in [3.8, 4) is 0 Å². The van der Waals surface area contributed by atoms with Crippen LogP contribution in [0, 0.1) is 24.0 Å². The molecule has 1 atom stereocenters. The van der Waals surface area contributed by atoms with Gasteiger partial charge >= 0.3 is 0 Å². The van der Waals surface area contributed by atoms with Crippen LogP contribution >= 0.6 is 0 Å². The summed E-state index contributed by atoms with van der Waals surface area (Å²) in [5, 5.41) is 20.3. The van der Waals surface area contributed by atoms with E-state index in [4.69, 9.17) is 0 Å². The van der Waals surface area contributed by atoms with E-state index in [1.54, 1.807) is 27.0 Å². The van der Waals surface area contributed by atoms with Gasteiger partial charge in [-0.3, -0.25) is 15.1 Å². The van der Waals surface area contributed by atoms with Gasteiger partial charge in [-0.2, -0.15) is 0 Å². The molecule has 1 heterocycles. The number of pyridine rings is 1. The molecule has 0 aliphatic heterocycles. The van der Waals surface area contributed by atoms with Crippen LogP contribution in [0.5, 0.6) is 0 Å². The van der Waals surface area contributed by atoms with Gasteiger partial charge in [0.1, 0.15) is 0 Å². The molecule has 0 radical (unpaired) electrons. The summed E-state index contributed by atoms with van der Waals surface area (Å²) in [6.07, 6.45) is 1.87. The van der Waals surface area contributed by atoms with E-state index < -0.39 is 0 Å². The van der Waals surface area contributed by atoms with Crippen molar-refractivity contribution in [2.75, 3.05) is 13.6 Å². The molecule has 1 unspecified atom stereocenters. The second-order valence-corrected chi connectivity index (χ2v) is 4.99. The highest BCUT2D eigenvalue weighted by Crippen LogP contribution is 2.24. The lowest BCUT2D eigenvalue weighted by Gasteiger charge is -2.18. The van der Waals surface area contributed by atoms with Gasteiger partial charge in [-0.25, -0.2) is 0 Å². The minimum Gasteiger partial charge on any atom is -0.393 e. The normalized spacial score (nSPS) is 12.7. The molecule has 0 saturated carbocycles. The molecule has 6 heteroatoms. The molecule has 0 aliphatic rings. The molecule has 0 spiro atoms. The van der Waals surface area contributed by atoms with E-state index in [0.717, 1.165) is 6.54 Å². The van der Waals surface area contributed by atoms with Gasteiger partial charge in [0.15, 0.2) is 0 Å². The maximum atomic E-state index is 11.0. The molecule has 106 valence electrons. The van der Waals surface area contributed by atoms with Crippen LogP contribution in [0.2, 0.25) is 0 Å². The highest BCUT2D eigenvalue weighted by molar-refractivity contribution is 5.47. The van der Waals surface area contributed by atoms with Crippen molar-refractivity contribution in [2.24, 2.45) is 0 Å². The summed E-state index contributed by atoms with van der Waals surface area (Å²) in [5.41, 5.74) is 2.06. The summed E-state index contributed by atoms with van der Waals surface area (Å²) in [6, 6.07) is 0. The van der Waals surface area contributed by atoms with Crippen molar-refractivity contribution in [3.63, 3.8) is 0 Å². The molecule has 1 rings (SSSR count). The van der Waals surface area contributed by atoms with Gasteiger partial charge in [0.25, 0.3) is 5.69 Å². The van der Waals surface area contributed by atoms with Crippen LogP contribution in [-0.2, 0) is 6.54 Å². The summed E-state index contributed by atoms with van der Waals surface area (Å²) < 4.78 is 0. The number of nitro groups is 1. The Morgan fingerprint density at radius 1 is 1.53 bits per heavy atom. The lowest BCUT2D eigenvalue weighted by molar-refractivity contribution is -0.386. The Balaban J connectivity index is 2.85. The van der Waals surface area contributed by atoms with Crippen LogP contribution in [0.3, 0.4) is 0 Å². The molecule has 0 bridgehead atoms. The molecule has 0 aromatic carbocycles. The molecule has 0 amide bonds. The van der Waals surface area contributed by atoms with Crippen LogP contribution in [0.25, 0.3) is 0 Å². The SMILES string of the molecule is Cc1cnc(CN(C)CCC(C)O)c(C)c1[N+](=O)[O-]. The van der Waals surface area contributed by atoms with Gasteiger partial charge in [-0.1, -0.05) is 0 Å². The first-order valence-corrected chi connectivity index (χ1v) is 6.29. The standard InChI is InChI=1S/C13H21N3O3/c1-9-7-14-12(11(3)13(9)16(18)19)8-15(4)6-5-10(2)17/h7,10,17H,5-6,8H2,1-4H3. The number of aliphatic hydroxyl groups is 1. The molecule has 0 saturated heterocycles. The minimum atomic E-state index is -0.356. The third-order valence-corrected chi connectivity index (χ3v) is 3.11. The first-order valence-electron chi connectivity index (χ1n) is 6.29. The number of aryl methyl sites for hydroxylation is 1. The van der Waals surface area contributed by atoms with Crippen LogP contribution in [0.1, 0.15) is 30.2 Å². The predicted molar refractivity (Wildman–Crippen MR) is 73.0 cm³/mol. The molecular weight excluding hydrogens is 246 g/mol. The molecular formula is C13H21N3O3. The number of hydrogen-bond acceptors (Lipinski definition) is 5. The van der Waals surface area contributed by atoms with Crippen molar-refractivity contribution in [1.29, 1.82) is 0 Å². The quantitative estimate of drug-likeness (QED) is 0.628. The Labute approximate surface area is 113 Å². The minimum absolute atomic E-state index is 0.147. The maximum absolute atomic E-state index is 11.0. The average Bonchev–Trinajstić information content (AvgIpc) is 2.30. The monoisotopic (exact) mass is 267 g/mol. The average molecular weight is 267 g/mol. The Bertz CT molecular complexity index is 461. The molecule has 0 fully saturated rings. The zero-order valence-electron chi connectivity index (χ0n) is 11.9. The molecule has 19 heavy (non-hydrogen) atoms. The van der Waals surface area contributed by atoms with Crippen molar-refractivity contribution < 1.29 is 10.0 Å². The first-order chi connectivity index (χ1) is 8.82. The zero-order chi connectivity index (χ0) is 14.6. The lowest BCUT2D eigenvalue weighted by Crippen LogP contribution is -2.23. The molecule has 1 aromatic heterocycles. The zero-order valence-corrected chi connectivity index (χ0v) is 11.9. The van der Waals surface area contributed by atoms with E-state index in [-0.39, 0.29) is 16.7 Å². The Morgan fingerprint density at radius 3 is 2.68 bits per heavy atom. The van der Waals surface area contributed by atoms with E-state index in [9.17, 15) is 15.2 Å². The first kappa shape index (κ1) is 15.5. The predicted octanol–water partition coefficient (Wildman–Crippen LogP) is 1.81. The van der Waals surface area contributed by atoms with Crippen molar-refractivity contribution in [2.45, 2.75) is 39.8 Å². The van der Waals surface area contributed by atoms with Crippen LogP contribution in [-0.4, -0.2) is 39.6 Å². The summed E-state index contributed by atoms with van der Waals surface area (Å²) in [4.78, 5) is 17.0. The van der Waals surface area contributed by atoms with Gasteiger partial charge in [0.2, 0.25) is 0 Å². The van der Waals surface area contributed by atoms with Crippen LogP contribution < -0.4 is 0 Å². The van der Waals surface area contributed by atoms with Gasteiger partial charge in [0.05, 0.1) is 16.7 Å². The summed E-state index contributed by atoms with van der Waals surface area (Å²) in [5.74, 6) is 0. The molecule has 6 nitrogen and oxygen atoms in total. The highest BCUT2D eigenvalue weighted by atomic mass is 16.6. The van der Waals surface area contributed by atoms with Gasteiger partial charge < -0.3 is 10.0 Å². The third kappa shape index (κ3) is 4.25. The molecule has 1 aromatic rings. The van der Waals surface area contributed by atoms with E-state index in [2.05, 4.69) is 4.98 Å². The second kappa shape index (κ2) is 6.58. The van der Waals surface area contributed by atoms with Gasteiger partial charge in [-0.05, 0) is 34.2 Å². The Kier molecular flexibility index (Phi) is 5.38. The number of nitrogens with zero attached hydrogens (tertiary/aromatic N) is 3.